The molecule has 152 valence electrons. The van der Waals surface area contributed by atoms with Crippen molar-refractivity contribution in [1.29, 1.82) is 0 Å². The number of aryl methyl sites for hydroxylation is 1. The molecule has 1 aromatic rings. The van der Waals surface area contributed by atoms with Crippen molar-refractivity contribution in [2.24, 2.45) is 5.41 Å². The zero-order chi connectivity index (χ0) is 20.3. The maximum atomic E-state index is 13.2. The van der Waals surface area contributed by atoms with Crippen LogP contribution in [-0.2, 0) is 32.5 Å². The largest absolute Gasteiger partial charge is 0.340 e. The van der Waals surface area contributed by atoms with E-state index < -0.39 is 15.4 Å². The number of carbonyl (C=O) groups is 2. The Bertz CT molecular complexity index is 941. The van der Waals surface area contributed by atoms with Crippen LogP contribution in [-0.4, -0.2) is 62.2 Å². The van der Waals surface area contributed by atoms with Gasteiger partial charge in [0.25, 0.3) is 0 Å². The quantitative estimate of drug-likeness (QED) is 0.745. The number of amides is 2. The molecule has 0 aromatic heterocycles. The van der Waals surface area contributed by atoms with Crippen LogP contribution < -0.4 is 4.90 Å². The van der Waals surface area contributed by atoms with E-state index in [2.05, 4.69) is 0 Å². The maximum absolute atomic E-state index is 13.2. The zero-order valence-electron chi connectivity index (χ0n) is 16.7. The van der Waals surface area contributed by atoms with Crippen molar-refractivity contribution in [3.63, 3.8) is 0 Å². The number of benzene rings is 1. The average molecular weight is 406 g/mol. The van der Waals surface area contributed by atoms with Gasteiger partial charge in [0.2, 0.25) is 21.8 Å². The molecule has 0 bridgehead atoms. The lowest BCUT2D eigenvalue weighted by molar-refractivity contribution is -0.140. The fraction of sp³-hybridized carbons (Fsp3) is 0.600. The van der Waals surface area contributed by atoms with E-state index in [4.69, 9.17) is 0 Å². The highest BCUT2D eigenvalue weighted by atomic mass is 32.2. The van der Waals surface area contributed by atoms with Gasteiger partial charge in [-0.1, -0.05) is 20.8 Å². The van der Waals surface area contributed by atoms with Gasteiger partial charge in [0.1, 0.15) is 0 Å². The van der Waals surface area contributed by atoms with E-state index >= 15 is 0 Å². The second kappa shape index (κ2) is 6.56. The maximum Gasteiger partial charge on any atom is 0.243 e. The van der Waals surface area contributed by atoms with Crippen LogP contribution in [0.3, 0.4) is 0 Å². The first-order chi connectivity index (χ1) is 13.1. The Morgan fingerprint density at radius 3 is 2.14 bits per heavy atom. The first kappa shape index (κ1) is 19.4. The number of nitrogens with zero attached hydrogens (tertiary/aromatic N) is 3. The topological polar surface area (TPSA) is 78.0 Å². The van der Waals surface area contributed by atoms with Crippen LogP contribution in [0.4, 0.5) is 5.69 Å². The van der Waals surface area contributed by atoms with Crippen molar-refractivity contribution in [3.05, 3.63) is 23.3 Å². The molecule has 8 heteroatoms. The second-order valence-electron chi connectivity index (χ2n) is 8.83. The van der Waals surface area contributed by atoms with Crippen molar-refractivity contribution in [3.8, 4) is 0 Å². The molecule has 3 aliphatic rings. The standard InChI is InChI=1S/C20H27N3O4S/c1-20(2,3)19(25)21-8-10-22(11-9-21)28(26,27)16-12-14-4-5-17(24)23-7-6-15(13-16)18(14)23/h12-13H,4-11H2,1-3H3. The number of carbonyl (C=O) groups excluding carboxylic acids is 2. The van der Waals surface area contributed by atoms with Crippen LogP contribution in [0.15, 0.2) is 17.0 Å². The highest BCUT2D eigenvalue weighted by Gasteiger charge is 2.36. The molecule has 1 aromatic carbocycles. The third kappa shape index (κ3) is 3.12. The summed E-state index contributed by atoms with van der Waals surface area (Å²) < 4.78 is 27.9. The summed E-state index contributed by atoms with van der Waals surface area (Å²) in [7, 11) is -3.62. The van der Waals surface area contributed by atoms with E-state index in [0.717, 1.165) is 16.8 Å². The van der Waals surface area contributed by atoms with Crippen LogP contribution in [0, 0.1) is 5.41 Å². The van der Waals surface area contributed by atoms with Gasteiger partial charge in [-0.2, -0.15) is 4.31 Å². The number of rotatable bonds is 2. The Balaban J connectivity index is 1.56. The molecule has 7 nitrogen and oxygen atoms in total. The van der Waals surface area contributed by atoms with Crippen molar-refractivity contribution in [2.75, 3.05) is 37.6 Å². The molecule has 3 heterocycles. The normalized spacial score (nSPS) is 20.5. The molecule has 0 atom stereocenters. The summed E-state index contributed by atoms with van der Waals surface area (Å²) in [5.41, 5.74) is 2.36. The molecule has 0 saturated carbocycles. The van der Waals surface area contributed by atoms with E-state index in [9.17, 15) is 18.0 Å². The Labute approximate surface area is 166 Å². The lowest BCUT2D eigenvalue weighted by atomic mass is 9.94. The van der Waals surface area contributed by atoms with Crippen LogP contribution >= 0.6 is 0 Å². The van der Waals surface area contributed by atoms with Gasteiger partial charge in [-0.25, -0.2) is 8.42 Å². The summed E-state index contributed by atoms with van der Waals surface area (Å²) >= 11 is 0. The van der Waals surface area contributed by atoms with E-state index in [1.165, 1.54) is 4.31 Å². The predicted octanol–water partition coefficient (Wildman–Crippen LogP) is 1.40. The summed E-state index contributed by atoms with van der Waals surface area (Å²) in [5.74, 6) is 0.178. The van der Waals surface area contributed by atoms with Crippen molar-refractivity contribution < 1.29 is 18.0 Å². The van der Waals surface area contributed by atoms with Gasteiger partial charge in [0, 0.05) is 44.6 Å². The van der Waals surface area contributed by atoms with Gasteiger partial charge in [0.05, 0.1) is 10.6 Å². The predicted molar refractivity (Wildman–Crippen MR) is 106 cm³/mol. The Kier molecular flexibility index (Phi) is 4.54. The Morgan fingerprint density at radius 1 is 0.929 bits per heavy atom. The smallest absolute Gasteiger partial charge is 0.243 e. The van der Waals surface area contributed by atoms with Gasteiger partial charge in [-0.3, -0.25) is 9.59 Å². The fourth-order valence-electron chi connectivity index (χ4n) is 4.33. The zero-order valence-corrected chi connectivity index (χ0v) is 17.5. The number of hydrogen-bond donors (Lipinski definition) is 0. The van der Waals surface area contributed by atoms with Crippen molar-refractivity contribution in [2.45, 2.75) is 44.9 Å². The Morgan fingerprint density at radius 2 is 1.54 bits per heavy atom. The van der Waals surface area contributed by atoms with Gasteiger partial charge in [-0.15, -0.1) is 0 Å². The van der Waals surface area contributed by atoms with E-state index in [1.54, 1.807) is 21.9 Å². The number of piperazine rings is 1. The highest BCUT2D eigenvalue weighted by Crippen LogP contribution is 2.39. The summed E-state index contributed by atoms with van der Waals surface area (Å²) in [4.78, 5) is 28.4. The first-order valence-electron chi connectivity index (χ1n) is 9.85. The minimum absolute atomic E-state index is 0.0521. The van der Waals surface area contributed by atoms with E-state index in [1.807, 2.05) is 20.8 Å². The minimum Gasteiger partial charge on any atom is -0.340 e. The Hall–Kier alpha value is -1.93. The lowest BCUT2D eigenvalue weighted by Gasteiger charge is -2.37. The molecular formula is C20H27N3O4S. The van der Waals surface area contributed by atoms with Gasteiger partial charge in [-0.05, 0) is 36.1 Å². The highest BCUT2D eigenvalue weighted by molar-refractivity contribution is 7.89. The van der Waals surface area contributed by atoms with Crippen LogP contribution in [0.5, 0.6) is 0 Å². The third-order valence-electron chi connectivity index (χ3n) is 5.83. The molecule has 4 rings (SSSR count). The third-order valence-corrected chi connectivity index (χ3v) is 7.71. The lowest BCUT2D eigenvalue weighted by Crippen LogP contribution is -2.52. The van der Waals surface area contributed by atoms with Crippen LogP contribution in [0.1, 0.15) is 38.3 Å². The second-order valence-corrected chi connectivity index (χ2v) is 10.8. The molecule has 1 saturated heterocycles. The molecule has 0 aliphatic carbocycles. The molecule has 0 radical (unpaired) electrons. The van der Waals surface area contributed by atoms with E-state index in [-0.39, 0.29) is 11.8 Å². The van der Waals surface area contributed by atoms with Gasteiger partial charge in [0.15, 0.2) is 0 Å². The van der Waals surface area contributed by atoms with Gasteiger partial charge < -0.3 is 9.80 Å². The number of hydrogen-bond acceptors (Lipinski definition) is 4. The number of sulfonamides is 1. The molecular weight excluding hydrogens is 378 g/mol. The molecule has 1 fully saturated rings. The molecule has 0 unspecified atom stereocenters. The molecule has 0 N–H and O–H groups in total. The summed E-state index contributed by atoms with van der Waals surface area (Å²) in [6.45, 7) is 7.71. The van der Waals surface area contributed by atoms with Gasteiger partial charge >= 0.3 is 0 Å². The average Bonchev–Trinajstić information content (AvgIpc) is 3.09. The molecule has 0 spiro atoms. The summed E-state index contributed by atoms with van der Waals surface area (Å²) in [6.07, 6.45) is 1.73. The monoisotopic (exact) mass is 405 g/mol. The summed E-state index contributed by atoms with van der Waals surface area (Å²) in [5, 5.41) is 0. The molecule has 28 heavy (non-hydrogen) atoms. The minimum atomic E-state index is -3.62. The molecule has 3 aliphatic heterocycles. The fourth-order valence-corrected chi connectivity index (χ4v) is 5.85. The summed E-state index contributed by atoms with van der Waals surface area (Å²) in [6, 6.07) is 3.48. The SMILES string of the molecule is CC(C)(C)C(=O)N1CCN(S(=O)(=O)c2cc3c4c(c2)CCN4C(=O)CC3)CC1. The van der Waals surface area contributed by atoms with Crippen LogP contribution in [0.2, 0.25) is 0 Å². The first-order valence-corrected chi connectivity index (χ1v) is 11.3. The van der Waals surface area contributed by atoms with Crippen molar-refractivity contribution >= 4 is 27.5 Å². The van der Waals surface area contributed by atoms with Crippen LogP contribution in [0.25, 0.3) is 0 Å². The van der Waals surface area contributed by atoms with Crippen molar-refractivity contribution in [1.82, 2.24) is 9.21 Å². The number of anilines is 1. The van der Waals surface area contributed by atoms with E-state index in [0.29, 0.717) is 56.9 Å². The molecule has 2 amide bonds.